The van der Waals surface area contributed by atoms with Crippen molar-refractivity contribution in [2.45, 2.75) is 25.0 Å². The van der Waals surface area contributed by atoms with E-state index in [0.29, 0.717) is 36.1 Å². The number of aromatic nitrogens is 4. The zero-order chi connectivity index (χ0) is 14.5. The molecule has 2 aromatic rings. The predicted molar refractivity (Wildman–Crippen MR) is 77.9 cm³/mol. The fourth-order valence-corrected chi connectivity index (χ4v) is 2.07. The van der Waals surface area contributed by atoms with Gasteiger partial charge in [-0.2, -0.15) is 0 Å². The lowest BCUT2D eigenvalue weighted by atomic mass is 10.5. The Kier molecular flexibility index (Phi) is 4.78. The van der Waals surface area contributed by atoms with E-state index in [1.165, 1.54) is 11.8 Å². The maximum absolute atomic E-state index is 11.1. The molecule has 0 bridgehead atoms. The molecule has 0 saturated heterocycles. The summed E-state index contributed by atoms with van der Waals surface area (Å²) >= 11 is 1.47. The molecule has 1 N–H and O–H groups in total. The van der Waals surface area contributed by atoms with Crippen LogP contribution in [0, 0.1) is 0 Å². The highest BCUT2D eigenvalue weighted by molar-refractivity contribution is 7.98. The Morgan fingerprint density at radius 1 is 1.50 bits per heavy atom. The summed E-state index contributed by atoms with van der Waals surface area (Å²) in [6.45, 7) is 2.61. The van der Waals surface area contributed by atoms with Gasteiger partial charge in [-0.25, -0.2) is 15.0 Å². The first-order chi connectivity index (χ1) is 9.69. The van der Waals surface area contributed by atoms with Crippen LogP contribution in [0.15, 0.2) is 11.5 Å². The smallest absolute Gasteiger partial charge is 0.305 e. The molecule has 7 nitrogen and oxygen atoms in total. The fraction of sp³-hybridized carbons (Fsp3) is 0.500. The van der Waals surface area contributed by atoms with Crippen molar-refractivity contribution in [3.05, 3.63) is 6.33 Å². The van der Waals surface area contributed by atoms with Crippen molar-refractivity contribution in [3.8, 4) is 0 Å². The molecule has 0 spiro atoms. The Balaban J connectivity index is 2.23. The van der Waals surface area contributed by atoms with Crippen LogP contribution in [0.4, 0.5) is 5.82 Å². The van der Waals surface area contributed by atoms with E-state index in [4.69, 9.17) is 4.74 Å². The van der Waals surface area contributed by atoms with Gasteiger partial charge in [0.1, 0.15) is 12.1 Å². The first-order valence-electron chi connectivity index (χ1n) is 6.29. The number of nitrogens with one attached hydrogen (secondary N) is 1. The number of carbonyl (C=O) groups is 1. The van der Waals surface area contributed by atoms with E-state index in [9.17, 15) is 4.79 Å². The summed E-state index contributed by atoms with van der Waals surface area (Å²) < 4.78 is 6.94. The van der Waals surface area contributed by atoms with Crippen LogP contribution in [-0.4, -0.2) is 45.4 Å². The quantitative estimate of drug-likeness (QED) is 0.492. The van der Waals surface area contributed by atoms with Crippen LogP contribution < -0.4 is 5.32 Å². The average molecular weight is 295 g/mol. The molecule has 0 aliphatic heterocycles. The highest BCUT2D eigenvalue weighted by Crippen LogP contribution is 2.21. The van der Waals surface area contributed by atoms with Crippen molar-refractivity contribution in [1.29, 1.82) is 0 Å². The van der Waals surface area contributed by atoms with Gasteiger partial charge in [0.05, 0.1) is 12.9 Å². The summed E-state index contributed by atoms with van der Waals surface area (Å²) in [4.78, 5) is 24.2. The summed E-state index contributed by atoms with van der Waals surface area (Å²) in [6.07, 6.45) is 3.99. The second kappa shape index (κ2) is 6.56. The first kappa shape index (κ1) is 14.6. The Bertz CT molecular complexity index is 613. The summed E-state index contributed by atoms with van der Waals surface area (Å²) in [5.74, 6) is 0.494. The number of rotatable bonds is 6. The van der Waals surface area contributed by atoms with E-state index in [1.807, 2.05) is 10.8 Å². The molecule has 20 heavy (non-hydrogen) atoms. The number of hydrogen-bond donors (Lipinski definition) is 1. The third-order valence-electron chi connectivity index (χ3n) is 2.75. The van der Waals surface area contributed by atoms with Crippen molar-refractivity contribution in [1.82, 2.24) is 19.5 Å². The number of hydrogen-bond acceptors (Lipinski definition) is 7. The van der Waals surface area contributed by atoms with Gasteiger partial charge in [-0.15, -0.1) is 0 Å². The number of ether oxygens (including phenoxy) is 1. The van der Waals surface area contributed by atoms with Crippen molar-refractivity contribution in [3.63, 3.8) is 0 Å². The Morgan fingerprint density at radius 3 is 2.95 bits per heavy atom. The predicted octanol–water partition coefficient (Wildman–Crippen LogP) is 1.54. The van der Waals surface area contributed by atoms with E-state index in [1.54, 1.807) is 20.3 Å². The van der Waals surface area contributed by atoms with E-state index >= 15 is 0 Å². The van der Waals surface area contributed by atoms with Gasteiger partial charge in [-0.1, -0.05) is 18.7 Å². The Labute approximate surface area is 121 Å². The molecule has 0 amide bonds. The molecule has 0 aliphatic rings. The molecule has 0 aliphatic carbocycles. The van der Waals surface area contributed by atoms with Crippen molar-refractivity contribution in [2.24, 2.45) is 0 Å². The van der Waals surface area contributed by atoms with Crippen LogP contribution in [0.2, 0.25) is 0 Å². The highest BCUT2D eigenvalue weighted by Gasteiger charge is 2.12. The lowest BCUT2D eigenvalue weighted by molar-refractivity contribution is -0.143. The third-order valence-corrected chi connectivity index (χ3v) is 3.29. The van der Waals surface area contributed by atoms with Gasteiger partial charge in [-0.05, 0) is 6.26 Å². The minimum atomic E-state index is -0.204. The molecule has 0 unspecified atom stereocenters. The van der Waals surface area contributed by atoms with Gasteiger partial charge < -0.3 is 14.6 Å². The van der Waals surface area contributed by atoms with Crippen molar-refractivity contribution in [2.75, 3.05) is 25.2 Å². The van der Waals surface area contributed by atoms with Gasteiger partial charge in [0.2, 0.25) is 0 Å². The number of esters is 1. The van der Waals surface area contributed by atoms with Gasteiger partial charge in [0.25, 0.3) is 0 Å². The van der Waals surface area contributed by atoms with Crippen LogP contribution in [0.5, 0.6) is 0 Å². The minimum absolute atomic E-state index is 0.204. The summed E-state index contributed by atoms with van der Waals surface area (Å²) in [6, 6.07) is 0. The molecule has 2 rings (SSSR count). The van der Waals surface area contributed by atoms with E-state index in [-0.39, 0.29) is 5.97 Å². The molecule has 0 aromatic carbocycles. The molecule has 0 saturated carbocycles. The van der Waals surface area contributed by atoms with Gasteiger partial charge in [0.15, 0.2) is 16.6 Å². The van der Waals surface area contributed by atoms with Crippen molar-refractivity contribution >= 4 is 34.7 Å². The number of fused-ring (bicyclic) bond motifs is 1. The van der Waals surface area contributed by atoms with Crippen LogP contribution >= 0.6 is 11.8 Å². The third kappa shape index (κ3) is 3.01. The van der Waals surface area contributed by atoms with E-state index in [0.717, 1.165) is 5.65 Å². The topological polar surface area (TPSA) is 81.9 Å². The van der Waals surface area contributed by atoms with E-state index < -0.39 is 0 Å². The number of imidazole rings is 1. The zero-order valence-corrected chi connectivity index (χ0v) is 12.5. The van der Waals surface area contributed by atoms with Crippen LogP contribution in [0.25, 0.3) is 11.2 Å². The fourth-order valence-electron chi connectivity index (χ4n) is 1.71. The molecule has 2 heterocycles. The normalized spacial score (nSPS) is 10.8. The average Bonchev–Trinajstić information content (AvgIpc) is 2.89. The van der Waals surface area contributed by atoms with Crippen LogP contribution in [0.1, 0.15) is 13.3 Å². The second-order valence-electron chi connectivity index (χ2n) is 3.99. The summed E-state index contributed by atoms with van der Waals surface area (Å²) in [7, 11) is 1.80. The minimum Gasteiger partial charge on any atom is -0.464 e. The van der Waals surface area contributed by atoms with Crippen molar-refractivity contribution < 1.29 is 9.53 Å². The van der Waals surface area contributed by atoms with Crippen LogP contribution in [0.3, 0.4) is 0 Å². The molecule has 0 fully saturated rings. The molecule has 8 heteroatoms. The zero-order valence-electron chi connectivity index (χ0n) is 11.7. The lowest BCUT2D eigenvalue weighted by Crippen LogP contribution is -2.10. The maximum atomic E-state index is 11.1. The number of thioether (sulfide) groups is 1. The van der Waals surface area contributed by atoms with Gasteiger partial charge in [0, 0.05) is 13.5 Å². The lowest BCUT2D eigenvalue weighted by Gasteiger charge is -2.07. The second-order valence-corrected chi connectivity index (χ2v) is 4.77. The number of carbonyl (C=O) groups excluding carboxylic acids is 1. The molecule has 0 radical (unpaired) electrons. The highest BCUT2D eigenvalue weighted by atomic mass is 32.2. The largest absolute Gasteiger partial charge is 0.464 e. The first-order valence-corrected chi connectivity index (χ1v) is 7.52. The van der Waals surface area contributed by atoms with Crippen LogP contribution in [-0.2, 0) is 16.1 Å². The van der Waals surface area contributed by atoms with Gasteiger partial charge in [-0.3, -0.25) is 4.79 Å². The molecule has 108 valence electrons. The Morgan fingerprint density at radius 2 is 2.30 bits per heavy atom. The summed E-state index contributed by atoms with van der Waals surface area (Å²) in [5.41, 5.74) is 1.45. The summed E-state index contributed by atoms with van der Waals surface area (Å²) in [5, 5.41) is 3.69. The van der Waals surface area contributed by atoms with E-state index in [2.05, 4.69) is 20.3 Å². The Hall–Kier alpha value is -1.83. The number of anilines is 1. The van der Waals surface area contributed by atoms with Gasteiger partial charge >= 0.3 is 5.97 Å². The standard InChI is InChI=1S/C12H17N5O2S/c1-4-8(18)19-6-5-17-7-14-9-10(13-2)15-12(20-3)16-11(9)17/h7H,4-6H2,1-3H3,(H,13,15,16). The SMILES string of the molecule is CCC(=O)OCCn1cnc2c(NC)nc(SC)nc21. The molecule has 2 aromatic heterocycles. The number of nitrogens with zero attached hydrogens (tertiary/aromatic N) is 4. The monoisotopic (exact) mass is 295 g/mol. The molecular formula is C12H17N5O2S. The molecule has 0 atom stereocenters. The maximum Gasteiger partial charge on any atom is 0.305 e. The molecular weight excluding hydrogens is 278 g/mol.